The van der Waals surface area contributed by atoms with E-state index in [0.29, 0.717) is 17.9 Å². The third kappa shape index (κ3) is 0.728. The lowest BCUT2D eigenvalue weighted by atomic mass is 10.4. The van der Waals surface area contributed by atoms with E-state index in [1.54, 1.807) is 6.26 Å². The molecule has 2 N–H and O–H groups in total. The first-order valence-electron chi connectivity index (χ1n) is 4.27. The maximum atomic E-state index is 5.82. The van der Waals surface area contributed by atoms with Crippen LogP contribution in [0.25, 0.3) is 0 Å². The monoisotopic (exact) mass is 165 g/mol. The zero-order chi connectivity index (χ0) is 8.13. The Labute approximate surface area is 70.3 Å². The largest absolute Gasteiger partial charge is 0.363 e. The molecule has 0 bridgehead atoms. The SMILES string of the molecule is NC1C2CN(c3ccon3)CC12. The molecule has 4 heteroatoms. The van der Waals surface area contributed by atoms with Crippen LogP contribution in [-0.4, -0.2) is 24.3 Å². The molecule has 1 aliphatic heterocycles. The van der Waals surface area contributed by atoms with E-state index in [-0.39, 0.29) is 0 Å². The summed E-state index contributed by atoms with van der Waals surface area (Å²) in [6.07, 6.45) is 1.61. The third-order valence-electron chi connectivity index (χ3n) is 3.01. The summed E-state index contributed by atoms with van der Waals surface area (Å²) in [6, 6.07) is 2.35. The molecule has 0 amide bonds. The second-order valence-corrected chi connectivity index (χ2v) is 3.67. The predicted molar refractivity (Wildman–Crippen MR) is 43.7 cm³/mol. The molecule has 0 spiro atoms. The van der Waals surface area contributed by atoms with Crippen LogP contribution in [0.5, 0.6) is 0 Å². The predicted octanol–water partition coefficient (Wildman–Crippen LogP) is 0.0679. The molecular formula is C8H11N3O. The molecule has 2 aliphatic rings. The molecule has 2 heterocycles. The minimum atomic E-state index is 0.452. The fourth-order valence-electron chi connectivity index (χ4n) is 2.13. The Morgan fingerprint density at radius 2 is 2.25 bits per heavy atom. The van der Waals surface area contributed by atoms with Crippen molar-refractivity contribution in [3.63, 3.8) is 0 Å². The summed E-state index contributed by atoms with van der Waals surface area (Å²) in [5, 5.41) is 3.89. The Kier molecular flexibility index (Phi) is 1.09. The lowest BCUT2D eigenvalue weighted by Crippen LogP contribution is -2.28. The second kappa shape index (κ2) is 2.01. The number of hydrogen-bond acceptors (Lipinski definition) is 4. The first kappa shape index (κ1) is 6.48. The molecule has 2 unspecified atom stereocenters. The molecule has 0 aromatic carbocycles. The van der Waals surface area contributed by atoms with Crippen LogP contribution in [0.15, 0.2) is 16.9 Å². The molecule has 1 saturated carbocycles. The summed E-state index contributed by atoms with van der Waals surface area (Å²) in [6.45, 7) is 2.11. The minimum absolute atomic E-state index is 0.452. The van der Waals surface area contributed by atoms with Crippen LogP contribution >= 0.6 is 0 Å². The molecule has 12 heavy (non-hydrogen) atoms. The van der Waals surface area contributed by atoms with E-state index in [0.717, 1.165) is 18.9 Å². The highest BCUT2D eigenvalue weighted by molar-refractivity contribution is 5.40. The van der Waals surface area contributed by atoms with Crippen molar-refractivity contribution < 1.29 is 4.52 Å². The van der Waals surface area contributed by atoms with Gasteiger partial charge in [0.15, 0.2) is 5.82 Å². The lowest BCUT2D eigenvalue weighted by Gasteiger charge is -2.16. The van der Waals surface area contributed by atoms with E-state index in [1.807, 2.05) is 6.07 Å². The molecule has 1 saturated heterocycles. The minimum Gasteiger partial charge on any atom is -0.363 e. The number of aromatic nitrogens is 1. The van der Waals surface area contributed by atoms with Crippen LogP contribution in [0.1, 0.15) is 0 Å². The number of piperidine rings is 1. The van der Waals surface area contributed by atoms with Gasteiger partial charge >= 0.3 is 0 Å². The Balaban J connectivity index is 1.76. The molecule has 3 rings (SSSR count). The molecular weight excluding hydrogens is 154 g/mol. The van der Waals surface area contributed by atoms with Crippen LogP contribution in [-0.2, 0) is 0 Å². The molecule has 1 aromatic rings. The van der Waals surface area contributed by atoms with Crippen LogP contribution in [0, 0.1) is 11.8 Å². The first-order chi connectivity index (χ1) is 5.86. The van der Waals surface area contributed by atoms with Crippen LogP contribution < -0.4 is 10.6 Å². The number of anilines is 1. The van der Waals surface area contributed by atoms with E-state index in [4.69, 9.17) is 10.3 Å². The van der Waals surface area contributed by atoms with Gasteiger partial charge in [-0.25, -0.2) is 0 Å². The second-order valence-electron chi connectivity index (χ2n) is 3.67. The zero-order valence-corrected chi connectivity index (χ0v) is 6.68. The van der Waals surface area contributed by atoms with Crippen molar-refractivity contribution in [2.75, 3.05) is 18.0 Å². The van der Waals surface area contributed by atoms with Gasteiger partial charge in [0, 0.05) is 25.2 Å². The van der Waals surface area contributed by atoms with Crippen molar-refractivity contribution >= 4 is 5.82 Å². The van der Waals surface area contributed by atoms with Gasteiger partial charge in [0.2, 0.25) is 0 Å². The lowest BCUT2D eigenvalue weighted by molar-refractivity contribution is 0.419. The van der Waals surface area contributed by atoms with Crippen LogP contribution in [0.3, 0.4) is 0 Å². The normalized spacial score (nSPS) is 38.4. The molecule has 2 fully saturated rings. The maximum Gasteiger partial charge on any atom is 0.171 e. The molecule has 1 aliphatic carbocycles. The van der Waals surface area contributed by atoms with Gasteiger partial charge in [-0.1, -0.05) is 5.16 Å². The van der Waals surface area contributed by atoms with Crippen molar-refractivity contribution in [1.82, 2.24) is 5.16 Å². The van der Waals surface area contributed by atoms with Crippen molar-refractivity contribution in [3.8, 4) is 0 Å². The number of nitrogens with zero attached hydrogens (tertiary/aromatic N) is 2. The highest BCUT2D eigenvalue weighted by atomic mass is 16.5. The smallest absolute Gasteiger partial charge is 0.171 e. The highest BCUT2D eigenvalue weighted by Gasteiger charge is 2.53. The van der Waals surface area contributed by atoms with Crippen LogP contribution in [0.4, 0.5) is 5.82 Å². The van der Waals surface area contributed by atoms with Gasteiger partial charge in [-0.05, 0) is 11.8 Å². The molecule has 4 nitrogen and oxygen atoms in total. The molecule has 2 atom stereocenters. The number of nitrogens with two attached hydrogens (primary N) is 1. The van der Waals surface area contributed by atoms with Crippen molar-refractivity contribution in [1.29, 1.82) is 0 Å². The number of hydrogen-bond donors (Lipinski definition) is 1. The fourth-order valence-corrected chi connectivity index (χ4v) is 2.13. The van der Waals surface area contributed by atoms with Gasteiger partial charge in [0.25, 0.3) is 0 Å². The summed E-state index contributed by atoms with van der Waals surface area (Å²) < 4.78 is 4.78. The van der Waals surface area contributed by atoms with Gasteiger partial charge < -0.3 is 15.2 Å². The Bertz CT molecular complexity index is 273. The fraction of sp³-hybridized carbons (Fsp3) is 0.625. The first-order valence-corrected chi connectivity index (χ1v) is 4.27. The van der Waals surface area contributed by atoms with E-state index in [9.17, 15) is 0 Å². The Morgan fingerprint density at radius 3 is 2.83 bits per heavy atom. The number of rotatable bonds is 1. The molecule has 64 valence electrons. The van der Waals surface area contributed by atoms with Crippen LogP contribution in [0.2, 0.25) is 0 Å². The van der Waals surface area contributed by atoms with Gasteiger partial charge in [0.05, 0.1) is 0 Å². The van der Waals surface area contributed by atoms with Gasteiger partial charge in [-0.3, -0.25) is 0 Å². The zero-order valence-electron chi connectivity index (χ0n) is 6.68. The average Bonchev–Trinajstić information content (AvgIpc) is 2.66. The van der Waals surface area contributed by atoms with E-state index >= 15 is 0 Å². The van der Waals surface area contributed by atoms with Crippen molar-refractivity contribution in [2.45, 2.75) is 6.04 Å². The van der Waals surface area contributed by atoms with E-state index in [2.05, 4.69) is 10.1 Å². The topological polar surface area (TPSA) is 55.3 Å². The molecule has 0 radical (unpaired) electrons. The Hall–Kier alpha value is -1.03. The summed E-state index contributed by atoms with van der Waals surface area (Å²) in [5.74, 6) is 2.37. The molecule has 1 aromatic heterocycles. The number of fused-ring (bicyclic) bond motifs is 1. The van der Waals surface area contributed by atoms with Crippen molar-refractivity contribution in [2.24, 2.45) is 17.6 Å². The van der Waals surface area contributed by atoms with Crippen molar-refractivity contribution in [3.05, 3.63) is 12.3 Å². The van der Waals surface area contributed by atoms with Gasteiger partial charge in [0.1, 0.15) is 6.26 Å². The quantitative estimate of drug-likeness (QED) is 0.639. The highest BCUT2D eigenvalue weighted by Crippen LogP contribution is 2.44. The third-order valence-corrected chi connectivity index (χ3v) is 3.01. The van der Waals surface area contributed by atoms with E-state index < -0.39 is 0 Å². The van der Waals surface area contributed by atoms with E-state index in [1.165, 1.54) is 0 Å². The summed E-state index contributed by atoms with van der Waals surface area (Å²) in [4.78, 5) is 2.24. The maximum absolute atomic E-state index is 5.82. The standard InChI is InChI=1S/C8H11N3O/c9-8-5-3-11(4-6(5)8)7-1-2-12-10-7/h1-2,5-6,8H,3-4,9H2. The van der Waals surface area contributed by atoms with Gasteiger partial charge in [-0.2, -0.15) is 0 Å². The average molecular weight is 165 g/mol. The summed E-state index contributed by atoms with van der Waals surface area (Å²) in [7, 11) is 0. The summed E-state index contributed by atoms with van der Waals surface area (Å²) in [5.41, 5.74) is 5.82. The van der Waals surface area contributed by atoms with Gasteiger partial charge in [-0.15, -0.1) is 0 Å². The summed E-state index contributed by atoms with van der Waals surface area (Å²) >= 11 is 0. The Morgan fingerprint density at radius 1 is 1.50 bits per heavy atom.